The Hall–Kier alpha value is -3.80. The topological polar surface area (TPSA) is 34.8 Å². The fraction of sp³-hybridized carbons (Fsp3) is 0.0833. The van der Waals surface area contributed by atoms with Crippen LogP contribution in [0, 0.1) is 18.7 Å². The molecule has 4 nitrogen and oxygen atoms in total. The van der Waals surface area contributed by atoms with E-state index in [1.807, 2.05) is 44.4 Å². The van der Waals surface area contributed by atoms with E-state index < -0.39 is 11.8 Å². The van der Waals surface area contributed by atoms with Crippen molar-refractivity contribution < 1.29 is 17.8 Å². The van der Waals surface area contributed by atoms with Crippen LogP contribution in [0.1, 0.15) is 5.56 Å². The van der Waals surface area contributed by atoms with Gasteiger partial charge in [0, 0.05) is 22.4 Å². The number of aromatic nitrogens is 3. The molecule has 0 bridgehead atoms. The molecule has 0 radical (unpaired) electrons. The molecular formula is C24H16F2N3O+. The average Bonchev–Trinajstić information content (AvgIpc) is 3.25. The Kier molecular flexibility index (Phi) is 3.34. The maximum absolute atomic E-state index is 14.6. The van der Waals surface area contributed by atoms with E-state index in [9.17, 15) is 8.78 Å². The van der Waals surface area contributed by atoms with Crippen molar-refractivity contribution in [2.24, 2.45) is 7.05 Å². The lowest BCUT2D eigenvalue weighted by molar-refractivity contribution is -0.647. The van der Waals surface area contributed by atoms with Crippen LogP contribution in [0.5, 0.6) is 0 Å². The molecule has 0 saturated heterocycles. The average molecular weight is 400 g/mol. The van der Waals surface area contributed by atoms with E-state index in [0.29, 0.717) is 11.0 Å². The van der Waals surface area contributed by atoms with Crippen LogP contribution in [-0.2, 0) is 7.05 Å². The normalized spacial score (nSPS) is 12.0. The molecule has 0 saturated carbocycles. The Balaban J connectivity index is 1.88. The molecule has 0 N–H and O–H groups in total. The second-order valence-corrected chi connectivity index (χ2v) is 7.53. The number of hydrogen-bond acceptors (Lipinski definition) is 2. The van der Waals surface area contributed by atoms with Crippen LogP contribution >= 0.6 is 0 Å². The predicted molar refractivity (Wildman–Crippen MR) is 112 cm³/mol. The van der Waals surface area contributed by atoms with Crippen LogP contribution in [0.25, 0.3) is 49.7 Å². The molecule has 4 heterocycles. The van der Waals surface area contributed by atoms with Crippen LogP contribution in [0.15, 0.2) is 65.2 Å². The third kappa shape index (κ3) is 2.13. The third-order valence-electron chi connectivity index (χ3n) is 5.73. The Morgan fingerprint density at radius 2 is 1.77 bits per heavy atom. The van der Waals surface area contributed by atoms with Gasteiger partial charge in [0.15, 0.2) is 11.3 Å². The summed E-state index contributed by atoms with van der Waals surface area (Å²) in [7, 11) is 1.99. The van der Waals surface area contributed by atoms with Crippen LogP contribution in [0.4, 0.5) is 8.78 Å². The number of nitrogens with zero attached hydrogens (tertiary/aromatic N) is 3. The fourth-order valence-electron chi connectivity index (χ4n) is 4.45. The summed E-state index contributed by atoms with van der Waals surface area (Å²) >= 11 is 0. The first kappa shape index (κ1) is 17.1. The molecule has 2 aromatic carbocycles. The van der Waals surface area contributed by atoms with Crippen molar-refractivity contribution in [3.63, 3.8) is 0 Å². The van der Waals surface area contributed by atoms with E-state index in [-0.39, 0.29) is 11.1 Å². The van der Waals surface area contributed by atoms with Gasteiger partial charge in [0.1, 0.15) is 11.3 Å². The Morgan fingerprint density at radius 3 is 2.63 bits per heavy atom. The molecule has 30 heavy (non-hydrogen) atoms. The van der Waals surface area contributed by atoms with Crippen molar-refractivity contribution in [2.45, 2.75) is 6.92 Å². The summed E-state index contributed by atoms with van der Waals surface area (Å²) in [6.07, 6.45) is 1.99. The zero-order valence-corrected chi connectivity index (χ0v) is 16.3. The molecule has 6 aromatic rings. The van der Waals surface area contributed by atoms with E-state index in [0.717, 1.165) is 39.3 Å². The molecule has 0 aliphatic heterocycles. The van der Waals surface area contributed by atoms with E-state index in [1.165, 1.54) is 0 Å². The van der Waals surface area contributed by atoms with Crippen molar-refractivity contribution in [3.8, 4) is 5.69 Å². The third-order valence-corrected chi connectivity index (χ3v) is 5.73. The molecule has 146 valence electrons. The molecule has 4 aromatic heterocycles. The van der Waals surface area contributed by atoms with Gasteiger partial charge in [-0.1, -0.05) is 18.2 Å². The molecule has 0 unspecified atom stereocenters. The number of para-hydroxylation sites is 1. The largest absolute Gasteiger partial charge is 0.433 e. The number of rotatable bonds is 1. The SMILES string of the molecule is Cc1ccc2c(oc3nc(F)cc(F)c32)c1-n1c2ccccc2c2ccc[n+](C)c21. The smallest absolute Gasteiger partial charge is 0.295 e. The van der Waals surface area contributed by atoms with Crippen molar-refractivity contribution in [1.29, 1.82) is 0 Å². The molecule has 0 aliphatic rings. The first-order chi connectivity index (χ1) is 14.5. The van der Waals surface area contributed by atoms with Crippen molar-refractivity contribution in [3.05, 3.63) is 78.1 Å². The van der Waals surface area contributed by atoms with Crippen molar-refractivity contribution in [2.75, 3.05) is 0 Å². The molecule has 0 aliphatic carbocycles. The van der Waals surface area contributed by atoms with Gasteiger partial charge in [0.05, 0.1) is 24.0 Å². The first-order valence-corrected chi connectivity index (χ1v) is 9.60. The Morgan fingerprint density at radius 1 is 0.967 bits per heavy atom. The summed E-state index contributed by atoms with van der Waals surface area (Å²) in [6.45, 7) is 1.98. The number of furan rings is 1. The zero-order valence-electron chi connectivity index (χ0n) is 16.3. The van der Waals surface area contributed by atoms with Crippen LogP contribution in [0.3, 0.4) is 0 Å². The van der Waals surface area contributed by atoms with Crippen molar-refractivity contribution >= 4 is 44.0 Å². The molecule has 6 rings (SSSR count). The highest BCUT2D eigenvalue weighted by Gasteiger charge is 2.27. The lowest BCUT2D eigenvalue weighted by atomic mass is 10.1. The lowest BCUT2D eigenvalue weighted by Crippen LogP contribution is -2.30. The summed E-state index contributed by atoms with van der Waals surface area (Å²) in [5, 5.41) is 2.96. The fourth-order valence-corrected chi connectivity index (χ4v) is 4.45. The minimum Gasteiger partial charge on any atom is -0.433 e. The molecule has 0 amide bonds. The molecule has 0 spiro atoms. The van der Waals surface area contributed by atoms with E-state index >= 15 is 0 Å². The first-order valence-electron chi connectivity index (χ1n) is 9.60. The van der Waals surface area contributed by atoms with Gasteiger partial charge >= 0.3 is 0 Å². The van der Waals surface area contributed by atoms with Crippen LogP contribution in [0.2, 0.25) is 0 Å². The molecule has 6 heteroatoms. The van der Waals surface area contributed by atoms with Gasteiger partial charge < -0.3 is 4.42 Å². The summed E-state index contributed by atoms with van der Waals surface area (Å²) in [5.41, 5.74) is 4.17. The molecule has 0 fully saturated rings. The van der Waals surface area contributed by atoms with Gasteiger partial charge in [-0.05, 0) is 37.3 Å². The van der Waals surface area contributed by atoms with E-state index in [2.05, 4.69) is 32.3 Å². The number of aryl methyl sites for hydroxylation is 2. The van der Waals surface area contributed by atoms with Crippen LogP contribution < -0.4 is 4.57 Å². The lowest BCUT2D eigenvalue weighted by Gasteiger charge is -2.06. The molecular weight excluding hydrogens is 384 g/mol. The summed E-state index contributed by atoms with van der Waals surface area (Å²) < 4.78 is 38.5. The number of fused-ring (bicyclic) bond motifs is 6. The number of halogens is 2. The van der Waals surface area contributed by atoms with Gasteiger partial charge in [-0.3, -0.25) is 0 Å². The summed E-state index contributed by atoms with van der Waals surface area (Å²) in [4.78, 5) is 3.78. The van der Waals surface area contributed by atoms with Gasteiger partial charge in [0.25, 0.3) is 5.65 Å². The standard InChI is InChI=1S/C24H16F2N3O/c1-13-9-10-16-20-17(25)12-19(26)27-23(20)30-22(16)21(13)29-18-8-4-3-6-14(18)15-7-5-11-28(2)24(15)29/h3-12H,1-2H3/q+1. The van der Waals surface area contributed by atoms with E-state index in [4.69, 9.17) is 4.42 Å². The quantitative estimate of drug-likeness (QED) is 0.270. The highest BCUT2D eigenvalue weighted by molar-refractivity contribution is 6.11. The number of benzene rings is 2. The van der Waals surface area contributed by atoms with E-state index in [1.54, 1.807) is 6.07 Å². The van der Waals surface area contributed by atoms with Gasteiger partial charge in [-0.25, -0.2) is 8.96 Å². The zero-order chi connectivity index (χ0) is 20.6. The van der Waals surface area contributed by atoms with Crippen molar-refractivity contribution in [1.82, 2.24) is 9.55 Å². The minimum absolute atomic E-state index is 0.0421. The Labute approximate surface area is 169 Å². The van der Waals surface area contributed by atoms with Gasteiger partial charge in [-0.15, -0.1) is 0 Å². The number of pyridine rings is 2. The summed E-state index contributed by atoms with van der Waals surface area (Å²) in [6, 6.07) is 16.7. The Bertz CT molecular complexity index is 1650. The maximum atomic E-state index is 14.6. The van der Waals surface area contributed by atoms with Gasteiger partial charge in [-0.2, -0.15) is 13.9 Å². The monoisotopic (exact) mass is 400 g/mol. The maximum Gasteiger partial charge on any atom is 0.295 e. The second-order valence-electron chi connectivity index (χ2n) is 7.53. The summed E-state index contributed by atoms with van der Waals surface area (Å²) in [5.74, 6) is -1.58. The molecule has 0 atom stereocenters. The highest BCUT2D eigenvalue weighted by atomic mass is 19.1. The predicted octanol–water partition coefficient (Wildman–Crippen LogP) is 5.49. The number of hydrogen-bond donors (Lipinski definition) is 0. The highest BCUT2D eigenvalue weighted by Crippen LogP contribution is 2.38. The van der Waals surface area contributed by atoms with Gasteiger partial charge in [0.2, 0.25) is 11.7 Å². The second kappa shape index (κ2) is 5.86. The van der Waals surface area contributed by atoms with Crippen LogP contribution in [-0.4, -0.2) is 9.55 Å². The minimum atomic E-state index is -0.902.